The van der Waals surface area contributed by atoms with Crippen LogP contribution in [-0.2, 0) is 18.6 Å². The number of nitrogens with one attached hydrogen (secondary N) is 1. The number of halogens is 1. The molecule has 0 fully saturated rings. The number of benzene rings is 3. The number of hydrogen-bond acceptors (Lipinski definition) is 5. The standard InChI is InChI=1S/C31H33ClN6O/c1-5-31(3,4)38-29(34-35-36-38)28(26-18-24-14-11-21(2)17-27(24)33-30(26)39)37(19-22-9-7-6-8-10-22)20-23-12-15-25(32)16-13-23/h6-18,28H,5,19-20H2,1-4H3,(H,33,39)/t28-/m1/s1. The second-order valence-corrected chi connectivity index (χ2v) is 11.1. The fourth-order valence-electron chi connectivity index (χ4n) is 4.86. The number of H-pyrrole nitrogens is 1. The molecule has 1 N–H and O–H groups in total. The first-order valence-corrected chi connectivity index (χ1v) is 13.6. The van der Waals surface area contributed by atoms with Gasteiger partial charge in [0, 0.05) is 29.2 Å². The van der Waals surface area contributed by atoms with Crippen LogP contribution in [0.5, 0.6) is 0 Å². The summed E-state index contributed by atoms with van der Waals surface area (Å²) in [4.78, 5) is 19.2. The third-order valence-electron chi connectivity index (χ3n) is 7.39. The lowest BCUT2D eigenvalue weighted by molar-refractivity contribution is 0.180. The van der Waals surface area contributed by atoms with Gasteiger partial charge < -0.3 is 4.98 Å². The zero-order valence-corrected chi connectivity index (χ0v) is 23.5. The average Bonchev–Trinajstić information content (AvgIpc) is 3.41. The molecule has 0 unspecified atom stereocenters. The zero-order chi connectivity index (χ0) is 27.6. The van der Waals surface area contributed by atoms with Crippen LogP contribution in [0, 0.1) is 6.92 Å². The minimum atomic E-state index is -0.517. The third kappa shape index (κ3) is 5.79. The number of nitrogens with zero attached hydrogens (tertiary/aromatic N) is 5. The molecule has 0 aliphatic carbocycles. The molecule has 0 spiro atoms. The predicted molar refractivity (Wildman–Crippen MR) is 156 cm³/mol. The van der Waals surface area contributed by atoms with Crippen LogP contribution in [0.4, 0.5) is 0 Å². The van der Waals surface area contributed by atoms with Gasteiger partial charge >= 0.3 is 0 Å². The Morgan fingerprint density at radius 1 is 0.974 bits per heavy atom. The highest BCUT2D eigenvalue weighted by Gasteiger charge is 2.34. The van der Waals surface area contributed by atoms with Gasteiger partial charge in [-0.2, -0.15) is 0 Å². The first kappa shape index (κ1) is 26.8. The van der Waals surface area contributed by atoms with Crippen LogP contribution < -0.4 is 5.56 Å². The molecule has 0 amide bonds. The number of fused-ring (bicyclic) bond motifs is 1. The number of tetrazole rings is 1. The Morgan fingerprint density at radius 3 is 2.36 bits per heavy atom. The highest BCUT2D eigenvalue weighted by molar-refractivity contribution is 6.30. The van der Waals surface area contributed by atoms with Crippen molar-refractivity contribution in [2.75, 3.05) is 0 Å². The Hall–Kier alpha value is -3.81. The number of aromatic nitrogens is 5. The molecule has 0 aliphatic heterocycles. The van der Waals surface area contributed by atoms with Crippen molar-refractivity contribution < 1.29 is 0 Å². The van der Waals surface area contributed by atoms with Gasteiger partial charge in [-0.25, -0.2) is 4.68 Å². The molecule has 2 heterocycles. The molecule has 5 rings (SSSR count). The molecule has 200 valence electrons. The summed E-state index contributed by atoms with van der Waals surface area (Å²) in [6, 6.07) is 25.6. The van der Waals surface area contributed by atoms with E-state index in [0.29, 0.717) is 29.5 Å². The maximum absolute atomic E-state index is 13.8. The van der Waals surface area contributed by atoms with E-state index in [2.05, 4.69) is 64.4 Å². The van der Waals surface area contributed by atoms with E-state index >= 15 is 0 Å². The van der Waals surface area contributed by atoms with Gasteiger partial charge in [-0.1, -0.05) is 73.1 Å². The van der Waals surface area contributed by atoms with E-state index in [9.17, 15) is 4.79 Å². The van der Waals surface area contributed by atoms with Gasteiger partial charge in [0.2, 0.25) is 0 Å². The van der Waals surface area contributed by atoms with Crippen LogP contribution in [0.15, 0.2) is 83.7 Å². The Bertz CT molecular complexity index is 1630. The molecule has 2 aromatic heterocycles. The second kappa shape index (κ2) is 11.1. The number of pyridine rings is 1. The van der Waals surface area contributed by atoms with Gasteiger partial charge in [-0.05, 0) is 84.0 Å². The first-order chi connectivity index (χ1) is 18.7. The van der Waals surface area contributed by atoms with E-state index < -0.39 is 6.04 Å². The molecule has 0 bridgehead atoms. The van der Waals surface area contributed by atoms with Crippen LogP contribution in [0.25, 0.3) is 10.9 Å². The van der Waals surface area contributed by atoms with E-state index in [0.717, 1.165) is 34.0 Å². The maximum atomic E-state index is 13.8. The number of aromatic amines is 1. The summed E-state index contributed by atoms with van der Waals surface area (Å²) >= 11 is 6.20. The lowest BCUT2D eigenvalue weighted by Crippen LogP contribution is -2.38. The summed E-state index contributed by atoms with van der Waals surface area (Å²) < 4.78 is 1.87. The molecule has 8 heteroatoms. The van der Waals surface area contributed by atoms with Crippen molar-refractivity contribution in [3.05, 3.63) is 122 Å². The Kier molecular flexibility index (Phi) is 7.64. The molecule has 1 atom stereocenters. The molecule has 0 saturated carbocycles. The molecule has 5 aromatic rings. The van der Waals surface area contributed by atoms with Crippen molar-refractivity contribution in [3.8, 4) is 0 Å². The van der Waals surface area contributed by atoms with Crippen molar-refractivity contribution in [3.63, 3.8) is 0 Å². The molecule has 0 radical (unpaired) electrons. The topological polar surface area (TPSA) is 79.7 Å². The molecule has 0 saturated heterocycles. The summed E-state index contributed by atoms with van der Waals surface area (Å²) in [5.74, 6) is 0.628. The maximum Gasteiger partial charge on any atom is 0.253 e. The van der Waals surface area contributed by atoms with Gasteiger partial charge in [0.1, 0.15) is 6.04 Å². The van der Waals surface area contributed by atoms with E-state index in [4.69, 9.17) is 11.6 Å². The fourth-order valence-corrected chi connectivity index (χ4v) is 4.99. The van der Waals surface area contributed by atoms with E-state index in [1.54, 1.807) is 0 Å². The number of aryl methyl sites for hydroxylation is 1. The largest absolute Gasteiger partial charge is 0.322 e. The normalized spacial score (nSPS) is 12.8. The number of rotatable bonds is 9. The van der Waals surface area contributed by atoms with Gasteiger partial charge in [0.15, 0.2) is 5.82 Å². The van der Waals surface area contributed by atoms with Crippen LogP contribution >= 0.6 is 11.6 Å². The van der Waals surface area contributed by atoms with E-state index in [1.165, 1.54) is 0 Å². The fraction of sp³-hybridized carbons (Fsp3) is 0.290. The molecule has 0 aliphatic rings. The van der Waals surface area contributed by atoms with Crippen molar-refractivity contribution in [1.82, 2.24) is 30.1 Å². The van der Waals surface area contributed by atoms with Crippen LogP contribution in [0.2, 0.25) is 5.02 Å². The van der Waals surface area contributed by atoms with Gasteiger partial charge in [-0.15, -0.1) is 5.10 Å². The van der Waals surface area contributed by atoms with Crippen molar-refractivity contribution in [2.45, 2.75) is 58.8 Å². The lowest BCUT2D eigenvalue weighted by atomic mass is 9.98. The Labute approximate surface area is 233 Å². The quantitative estimate of drug-likeness (QED) is 0.233. The smallest absolute Gasteiger partial charge is 0.253 e. The summed E-state index contributed by atoms with van der Waals surface area (Å²) in [6.07, 6.45) is 0.820. The molecular weight excluding hydrogens is 508 g/mol. The number of hydrogen-bond donors (Lipinski definition) is 1. The highest BCUT2D eigenvalue weighted by Crippen LogP contribution is 2.33. The molecular formula is C31H33ClN6O. The third-order valence-corrected chi connectivity index (χ3v) is 7.65. The minimum absolute atomic E-state index is 0.156. The van der Waals surface area contributed by atoms with Crippen LogP contribution in [-0.4, -0.2) is 30.1 Å². The second-order valence-electron chi connectivity index (χ2n) is 10.7. The highest BCUT2D eigenvalue weighted by atomic mass is 35.5. The zero-order valence-electron chi connectivity index (χ0n) is 22.7. The van der Waals surface area contributed by atoms with Crippen LogP contribution in [0.1, 0.15) is 61.3 Å². The van der Waals surface area contributed by atoms with E-state index in [1.807, 2.05) is 72.3 Å². The van der Waals surface area contributed by atoms with Gasteiger partial charge in [0.05, 0.1) is 5.54 Å². The lowest BCUT2D eigenvalue weighted by Gasteiger charge is -2.33. The summed E-state index contributed by atoms with van der Waals surface area (Å²) in [5.41, 5.74) is 4.18. The molecule has 39 heavy (non-hydrogen) atoms. The van der Waals surface area contributed by atoms with Gasteiger partial charge in [-0.3, -0.25) is 9.69 Å². The summed E-state index contributed by atoms with van der Waals surface area (Å²) in [7, 11) is 0. The predicted octanol–water partition coefficient (Wildman–Crippen LogP) is 6.41. The molecule has 7 nitrogen and oxygen atoms in total. The monoisotopic (exact) mass is 540 g/mol. The minimum Gasteiger partial charge on any atom is -0.322 e. The van der Waals surface area contributed by atoms with Crippen LogP contribution in [0.3, 0.4) is 0 Å². The van der Waals surface area contributed by atoms with Crippen molar-refractivity contribution in [2.24, 2.45) is 0 Å². The van der Waals surface area contributed by atoms with Crippen molar-refractivity contribution >= 4 is 22.5 Å². The molecule has 3 aromatic carbocycles. The Morgan fingerprint density at radius 2 is 1.67 bits per heavy atom. The average molecular weight is 541 g/mol. The first-order valence-electron chi connectivity index (χ1n) is 13.2. The van der Waals surface area contributed by atoms with E-state index in [-0.39, 0.29) is 11.1 Å². The summed E-state index contributed by atoms with van der Waals surface area (Å²) in [5, 5.41) is 14.7. The van der Waals surface area contributed by atoms with Gasteiger partial charge in [0.25, 0.3) is 5.56 Å². The SMILES string of the molecule is CCC(C)(C)n1nnnc1[C@@H](c1cc2ccc(C)cc2[nH]c1=O)N(Cc1ccccc1)Cc1ccc(Cl)cc1. The van der Waals surface area contributed by atoms with Crippen molar-refractivity contribution in [1.29, 1.82) is 0 Å². The Balaban J connectivity index is 1.73. The summed E-state index contributed by atoms with van der Waals surface area (Å²) in [6.45, 7) is 9.49.